The molecule has 1 aliphatic heterocycles. The van der Waals surface area contributed by atoms with Crippen molar-refractivity contribution in [3.05, 3.63) is 25.3 Å². The van der Waals surface area contributed by atoms with E-state index in [0.29, 0.717) is 0 Å². The molecule has 1 heterocycles. The molecule has 10 heteroatoms. The Morgan fingerprint density at radius 3 is 1.73 bits per heavy atom. The van der Waals surface area contributed by atoms with Crippen LogP contribution in [0.25, 0.3) is 0 Å². The lowest BCUT2D eigenvalue weighted by Crippen LogP contribution is -2.59. The van der Waals surface area contributed by atoms with Crippen LogP contribution < -0.4 is 0 Å². The predicted molar refractivity (Wildman–Crippen MR) is 76.6 cm³/mol. The Morgan fingerprint density at radius 2 is 1.36 bits per heavy atom. The second kappa shape index (κ2) is 7.18. The molecule has 9 nitrogen and oxygen atoms in total. The molecule has 0 radical (unpaired) electrons. The molecule has 0 aromatic heterocycles. The Bertz CT molecular complexity index is 572. The van der Waals surface area contributed by atoms with Crippen LogP contribution in [0.15, 0.2) is 25.3 Å². The molecule has 0 aromatic rings. The largest absolute Gasteiger partial charge is 0.307 e. The van der Waals surface area contributed by atoms with Gasteiger partial charge in [0.2, 0.25) is 17.7 Å². The van der Waals surface area contributed by atoms with Gasteiger partial charge in [0.15, 0.2) is 0 Å². The molecule has 0 aromatic carbocycles. The Labute approximate surface area is 128 Å². The molecule has 0 bridgehead atoms. The Morgan fingerprint density at radius 1 is 0.955 bits per heavy atom. The zero-order valence-electron chi connectivity index (χ0n) is 11.8. The first-order valence-corrected chi connectivity index (χ1v) is 7.84. The normalized spacial score (nSPS) is 15.4. The van der Waals surface area contributed by atoms with Crippen molar-refractivity contribution in [3.8, 4) is 0 Å². The summed E-state index contributed by atoms with van der Waals surface area (Å²) >= 11 is 0. The van der Waals surface area contributed by atoms with E-state index in [1.54, 1.807) is 0 Å². The Balaban J connectivity index is 2.85. The van der Waals surface area contributed by atoms with Gasteiger partial charge in [-0.25, -0.2) is 0 Å². The van der Waals surface area contributed by atoms with Crippen molar-refractivity contribution < 1.29 is 27.4 Å². The summed E-state index contributed by atoms with van der Waals surface area (Å²) < 4.78 is 30.0. The minimum Gasteiger partial charge on any atom is -0.307 e. The zero-order chi connectivity index (χ0) is 16.9. The van der Waals surface area contributed by atoms with E-state index in [1.807, 2.05) is 0 Å². The molecule has 0 aliphatic carbocycles. The highest BCUT2D eigenvalue weighted by Crippen LogP contribution is 2.11. The van der Waals surface area contributed by atoms with Crippen molar-refractivity contribution in [2.75, 3.05) is 25.8 Å². The van der Waals surface area contributed by atoms with Crippen LogP contribution in [0.4, 0.5) is 0 Å². The van der Waals surface area contributed by atoms with Crippen molar-refractivity contribution in [3.63, 3.8) is 0 Å². The number of hydrogen-bond acceptors (Lipinski definition) is 5. The summed E-state index contributed by atoms with van der Waals surface area (Å²) in [6.07, 6.45) is 1.64. The third-order valence-electron chi connectivity index (χ3n) is 2.92. The molecule has 1 fully saturated rings. The molecule has 1 aliphatic rings. The maximum Gasteiger partial charge on any atom is 0.265 e. The lowest BCUT2D eigenvalue weighted by atomic mass is 10.3. The lowest BCUT2D eigenvalue weighted by molar-refractivity contribution is -0.154. The molecule has 3 amide bonds. The molecule has 22 heavy (non-hydrogen) atoms. The van der Waals surface area contributed by atoms with E-state index < -0.39 is 40.0 Å². The van der Waals surface area contributed by atoms with Gasteiger partial charge in [0, 0.05) is 6.42 Å². The predicted octanol–water partition coefficient (Wildman–Crippen LogP) is -0.992. The second-order valence-corrected chi connectivity index (χ2v) is 6.13. The molecule has 1 rings (SSSR count). The fourth-order valence-electron chi connectivity index (χ4n) is 1.82. The molecule has 1 saturated heterocycles. The van der Waals surface area contributed by atoms with E-state index >= 15 is 0 Å². The lowest BCUT2D eigenvalue weighted by Gasteiger charge is -2.41. The van der Waals surface area contributed by atoms with Crippen LogP contribution in [0.5, 0.6) is 0 Å². The van der Waals surface area contributed by atoms with Crippen molar-refractivity contribution in [1.29, 1.82) is 0 Å². The standard InChI is InChI=1S/C12H17N3O6S/c1-3-10(16)13-7-14(11(17)4-2)9-15(8-13)12(18)5-6-22(19,20)21/h3-4H,1-2,5-9H2,(H,19,20,21). The van der Waals surface area contributed by atoms with Gasteiger partial charge in [0.25, 0.3) is 10.1 Å². The first-order chi connectivity index (χ1) is 10.2. The summed E-state index contributed by atoms with van der Waals surface area (Å²) in [6, 6.07) is 0. The van der Waals surface area contributed by atoms with Crippen LogP contribution in [-0.4, -0.2) is 71.2 Å². The molecule has 0 spiro atoms. The topological polar surface area (TPSA) is 115 Å². The monoisotopic (exact) mass is 331 g/mol. The summed E-state index contributed by atoms with van der Waals surface area (Å²) in [6.45, 7) is 6.44. The van der Waals surface area contributed by atoms with Gasteiger partial charge >= 0.3 is 0 Å². The third-order valence-corrected chi connectivity index (χ3v) is 3.64. The summed E-state index contributed by atoms with van der Waals surface area (Å²) in [7, 11) is -4.27. The molecule has 1 N–H and O–H groups in total. The number of carbonyl (C=O) groups excluding carboxylic acids is 3. The van der Waals surface area contributed by atoms with Gasteiger partial charge in [-0.15, -0.1) is 0 Å². The van der Waals surface area contributed by atoms with Gasteiger partial charge in [0.1, 0.15) is 0 Å². The van der Waals surface area contributed by atoms with Crippen LogP contribution in [-0.2, 0) is 24.5 Å². The van der Waals surface area contributed by atoms with Crippen molar-refractivity contribution in [1.82, 2.24) is 14.7 Å². The molecule has 0 atom stereocenters. The van der Waals surface area contributed by atoms with Crippen molar-refractivity contribution in [2.45, 2.75) is 6.42 Å². The quantitative estimate of drug-likeness (QED) is 0.511. The molecule has 122 valence electrons. The molecular weight excluding hydrogens is 314 g/mol. The molecule has 0 saturated carbocycles. The Kier molecular flexibility index (Phi) is 5.83. The van der Waals surface area contributed by atoms with Crippen LogP contribution in [0.2, 0.25) is 0 Å². The average Bonchev–Trinajstić information content (AvgIpc) is 2.49. The molecule has 0 unspecified atom stereocenters. The van der Waals surface area contributed by atoms with Gasteiger partial charge in [-0.05, 0) is 12.2 Å². The van der Waals surface area contributed by atoms with Gasteiger partial charge in [-0.2, -0.15) is 8.42 Å². The van der Waals surface area contributed by atoms with Gasteiger partial charge in [-0.3, -0.25) is 18.9 Å². The average molecular weight is 331 g/mol. The minimum absolute atomic E-state index is 0.0300. The van der Waals surface area contributed by atoms with Crippen LogP contribution in [0.1, 0.15) is 6.42 Å². The van der Waals surface area contributed by atoms with E-state index in [4.69, 9.17) is 4.55 Å². The smallest absolute Gasteiger partial charge is 0.265 e. The number of carbonyl (C=O) groups is 3. The highest BCUT2D eigenvalue weighted by molar-refractivity contribution is 7.85. The zero-order valence-corrected chi connectivity index (χ0v) is 12.7. The van der Waals surface area contributed by atoms with Crippen molar-refractivity contribution >= 4 is 27.8 Å². The van der Waals surface area contributed by atoms with E-state index in [0.717, 1.165) is 17.1 Å². The Hall–Kier alpha value is -2.20. The number of nitrogens with zero attached hydrogens (tertiary/aromatic N) is 3. The second-order valence-electron chi connectivity index (χ2n) is 4.56. The van der Waals surface area contributed by atoms with Gasteiger partial charge in [-0.1, -0.05) is 13.2 Å². The van der Waals surface area contributed by atoms with Crippen molar-refractivity contribution in [2.24, 2.45) is 0 Å². The number of rotatable bonds is 5. The number of amides is 3. The van der Waals surface area contributed by atoms with E-state index in [-0.39, 0.29) is 20.0 Å². The highest BCUT2D eigenvalue weighted by atomic mass is 32.2. The fourth-order valence-corrected chi connectivity index (χ4v) is 2.25. The van der Waals surface area contributed by atoms with E-state index in [2.05, 4.69) is 13.2 Å². The summed E-state index contributed by atoms with van der Waals surface area (Å²) in [4.78, 5) is 38.9. The highest BCUT2D eigenvalue weighted by Gasteiger charge is 2.30. The number of hydrogen-bond donors (Lipinski definition) is 1. The maximum absolute atomic E-state index is 12.0. The van der Waals surface area contributed by atoms with Gasteiger partial charge < -0.3 is 14.7 Å². The maximum atomic E-state index is 12.0. The first kappa shape index (κ1) is 17.9. The van der Waals surface area contributed by atoms with Crippen LogP contribution in [0, 0.1) is 0 Å². The van der Waals surface area contributed by atoms with Gasteiger partial charge in [0.05, 0.1) is 25.8 Å². The van der Waals surface area contributed by atoms with E-state index in [9.17, 15) is 22.8 Å². The van der Waals surface area contributed by atoms with E-state index in [1.165, 1.54) is 9.80 Å². The SMILES string of the molecule is C=CC(=O)N1CN(C(=O)C=C)CN(C(=O)CCS(=O)(=O)O)C1. The fraction of sp³-hybridized carbons (Fsp3) is 0.417. The molecular formula is C12H17N3O6S. The summed E-state index contributed by atoms with van der Waals surface area (Å²) in [5, 5.41) is 0. The van der Waals surface area contributed by atoms with Crippen LogP contribution >= 0.6 is 0 Å². The summed E-state index contributed by atoms with van der Waals surface area (Å²) in [5.74, 6) is -2.29. The third kappa shape index (κ3) is 4.97. The van der Waals surface area contributed by atoms with Crippen LogP contribution in [0.3, 0.4) is 0 Å². The first-order valence-electron chi connectivity index (χ1n) is 6.23. The summed E-state index contributed by atoms with van der Waals surface area (Å²) in [5.41, 5.74) is 0. The minimum atomic E-state index is -4.27.